The van der Waals surface area contributed by atoms with E-state index in [0.717, 1.165) is 16.7 Å². The third kappa shape index (κ3) is 7.00. The smallest absolute Gasteiger partial charge is 0.471 e. The predicted molar refractivity (Wildman–Crippen MR) is 149 cm³/mol. The molecule has 1 aliphatic rings. The highest BCUT2D eigenvalue weighted by Gasteiger charge is 2.42. The van der Waals surface area contributed by atoms with Gasteiger partial charge in [0.2, 0.25) is 5.95 Å². The zero-order valence-electron chi connectivity index (χ0n) is 22.3. The number of hydrogen-bond donors (Lipinski definition) is 4. The summed E-state index contributed by atoms with van der Waals surface area (Å²) in [4.78, 5) is 44.5. The highest BCUT2D eigenvalue weighted by Crippen LogP contribution is 2.41. The van der Waals surface area contributed by atoms with E-state index < -0.39 is 31.9 Å². The van der Waals surface area contributed by atoms with E-state index in [1.165, 1.54) is 33.1 Å². The van der Waals surface area contributed by atoms with Gasteiger partial charge in [0, 0.05) is 11.8 Å². The minimum absolute atomic E-state index is 0. The summed E-state index contributed by atoms with van der Waals surface area (Å²) in [5.41, 5.74) is 0.0939. The number of pyridine rings is 1. The molecule has 0 radical (unpaired) electrons. The Kier molecular flexibility index (Phi) is 9.39. The van der Waals surface area contributed by atoms with Crippen LogP contribution in [0.2, 0.25) is 0 Å². The number of fused-ring (bicyclic) bond motifs is 1. The van der Waals surface area contributed by atoms with Crippen LogP contribution >= 0.6 is 7.82 Å². The number of carbonyl (C=O) groups excluding carboxylic acids is 1. The van der Waals surface area contributed by atoms with Crippen molar-refractivity contribution in [1.29, 1.82) is 0 Å². The molecule has 0 bridgehead atoms. The fraction of sp³-hybridized carbons (Fsp3) is 0.360. The Hall–Kier alpha value is -4.04. The van der Waals surface area contributed by atoms with Gasteiger partial charge in [-0.15, -0.1) is 0 Å². The van der Waals surface area contributed by atoms with Crippen molar-refractivity contribution in [3.63, 3.8) is 0 Å². The van der Waals surface area contributed by atoms with Crippen LogP contribution in [0.4, 0.5) is 33.5 Å². The van der Waals surface area contributed by atoms with E-state index in [0.29, 0.717) is 23.6 Å². The normalized spacial score (nSPS) is 14.0. The van der Waals surface area contributed by atoms with E-state index in [1.54, 1.807) is 13.2 Å². The molecule has 4 N–H and O–H groups in total. The molecular weight excluding hydrogens is 562 g/mol. The molecule has 1 aromatic carbocycles. The van der Waals surface area contributed by atoms with Crippen molar-refractivity contribution < 1.29 is 42.3 Å². The molecule has 16 heteroatoms. The largest absolute Gasteiger partial charge is 0.493 e. The topological polar surface area (TPSA) is 177 Å². The van der Waals surface area contributed by atoms with Crippen molar-refractivity contribution in [3.8, 4) is 17.2 Å². The van der Waals surface area contributed by atoms with Crippen LogP contribution in [0.3, 0.4) is 0 Å². The Morgan fingerprint density at radius 1 is 1.15 bits per heavy atom. The number of amides is 1. The highest BCUT2D eigenvalue weighted by atomic mass is 31.2. The van der Waals surface area contributed by atoms with Gasteiger partial charge in [0.25, 0.3) is 5.91 Å². The molecule has 0 spiro atoms. The van der Waals surface area contributed by atoms with Crippen LogP contribution in [-0.4, -0.2) is 57.2 Å². The number of hydrogen-bond acceptors (Lipinski definition) is 11. The number of anilines is 5. The molecule has 0 saturated carbocycles. The van der Waals surface area contributed by atoms with Gasteiger partial charge < -0.3 is 34.6 Å². The summed E-state index contributed by atoms with van der Waals surface area (Å²) < 4.78 is 47.0. The maximum atomic E-state index is 14.7. The summed E-state index contributed by atoms with van der Waals surface area (Å²) >= 11 is 0. The lowest BCUT2D eigenvalue weighted by Gasteiger charge is -2.37. The number of phosphoric acid groups is 1. The Morgan fingerprint density at radius 3 is 2.51 bits per heavy atom. The van der Waals surface area contributed by atoms with Crippen molar-refractivity contribution in [2.75, 3.05) is 36.5 Å². The van der Waals surface area contributed by atoms with Crippen LogP contribution in [0.5, 0.6) is 17.2 Å². The number of nitrogens with zero attached hydrogens (tertiary/aromatic N) is 4. The van der Waals surface area contributed by atoms with E-state index in [1.807, 2.05) is 13.0 Å². The molecule has 3 aromatic rings. The van der Waals surface area contributed by atoms with Crippen LogP contribution in [0, 0.1) is 5.82 Å². The van der Waals surface area contributed by atoms with Gasteiger partial charge in [0.05, 0.1) is 20.4 Å². The second kappa shape index (κ2) is 12.2. The molecule has 0 unspecified atom stereocenters. The van der Waals surface area contributed by atoms with Gasteiger partial charge in [-0.3, -0.25) is 14.2 Å². The number of phosphoric ester groups is 1. The van der Waals surface area contributed by atoms with Gasteiger partial charge in [-0.25, -0.2) is 18.9 Å². The molecule has 41 heavy (non-hydrogen) atoms. The maximum Gasteiger partial charge on any atom is 0.471 e. The highest BCUT2D eigenvalue weighted by molar-refractivity contribution is 7.46. The number of aryl methyl sites for hydroxylation is 1. The van der Waals surface area contributed by atoms with E-state index >= 15 is 0 Å². The first-order chi connectivity index (χ1) is 18.8. The minimum atomic E-state index is -4.90. The maximum absolute atomic E-state index is 14.7. The van der Waals surface area contributed by atoms with Crippen molar-refractivity contribution in [2.45, 2.75) is 40.2 Å². The van der Waals surface area contributed by atoms with E-state index in [-0.39, 0.29) is 36.6 Å². The predicted octanol–water partition coefficient (Wildman–Crippen LogP) is 4.28. The fourth-order valence-electron chi connectivity index (χ4n) is 3.91. The van der Waals surface area contributed by atoms with Gasteiger partial charge >= 0.3 is 7.82 Å². The second-order valence-corrected chi connectivity index (χ2v) is 10.2. The number of ether oxygens (including phenoxy) is 3. The van der Waals surface area contributed by atoms with Crippen molar-refractivity contribution >= 4 is 42.8 Å². The molecule has 1 aliphatic heterocycles. The number of halogens is 1. The van der Waals surface area contributed by atoms with Crippen LogP contribution in [0.25, 0.3) is 0 Å². The van der Waals surface area contributed by atoms with Gasteiger partial charge in [-0.2, -0.15) is 4.98 Å². The van der Waals surface area contributed by atoms with Crippen LogP contribution < -0.4 is 29.7 Å². The summed E-state index contributed by atoms with van der Waals surface area (Å²) in [5.74, 6) is -0.406. The monoisotopic (exact) mass is 594 g/mol. The molecular formula is C25H32FN6O8P. The minimum Gasteiger partial charge on any atom is -0.493 e. The van der Waals surface area contributed by atoms with Crippen molar-refractivity contribution in [3.05, 3.63) is 41.8 Å². The van der Waals surface area contributed by atoms with Gasteiger partial charge in [-0.05, 0) is 44.0 Å². The zero-order valence-corrected chi connectivity index (χ0v) is 23.2. The Balaban J connectivity index is 0.00000462. The molecule has 1 amide bonds. The summed E-state index contributed by atoms with van der Waals surface area (Å²) in [6.45, 7) is 4.14. The summed E-state index contributed by atoms with van der Waals surface area (Å²) in [6.07, 6.45) is 1.63. The Morgan fingerprint density at radius 2 is 1.88 bits per heavy atom. The van der Waals surface area contributed by atoms with Crippen LogP contribution in [0.15, 0.2) is 30.5 Å². The molecule has 222 valence electrons. The molecule has 0 atom stereocenters. The lowest BCUT2D eigenvalue weighted by atomic mass is 10.1. The van der Waals surface area contributed by atoms with Crippen molar-refractivity contribution in [2.24, 2.45) is 0 Å². The summed E-state index contributed by atoms with van der Waals surface area (Å²) in [5, 5.41) is 5.74. The van der Waals surface area contributed by atoms with Gasteiger partial charge in [0.15, 0.2) is 40.3 Å². The fourth-order valence-corrected chi connectivity index (χ4v) is 4.18. The average Bonchev–Trinajstić information content (AvgIpc) is 2.89. The molecule has 2 aromatic heterocycles. The Bertz CT molecular complexity index is 1460. The van der Waals surface area contributed by atoms with Crippen molar-refractivity contribution in [1.82, 2.24) is 15.0 Å². The number of benzene rings is 1. The first kappa shape index (κ1) is 31.5. The number of rotatable bonds is 10. The molecule has 4 rings (SSSR count). The third-order valence-corrected chi connectivity index (χ3v) is 6.21. The number of nitrogens with one attached hydrogen (secondary N) is 2. The van der Waals surface area contributed by atoms with E-state index in [9.17, 15) is 13.8 Å². The van der Waals surface area contributed by atoms with Gasteiger partial charge in [-0.1, -0.05) is 14.4 Å². The molecule has 0 saturated heterocycles. The number of carbonyl (C=O) groups is 1. The van der Waals surface area contributed by atoms with E-state index in [2.05, 4.69) is 30.1 Å². The number of methoxy groups -OCH3 is 2. The first-order valence-corrected chi connectivity index (χ1v) is 13.4. The average molecular weight is 595 g/mol. The van der Waals surface area contributed by atoms with Gasteiger partial charge in [0.1, 0.15) is 12.5 Å². The number of aromatic nitrogens is 3. The lowest BCUT2D eigenvalue weighted by Crippen LogP contribution is -2.53. The molecule has 0 aliphatic carbocycles. The SMILES string of the molecule is C.CCc1cc(Nc2ncc(F)c(Nc3ccc4c(n3)N(COP(=O)(O)O)C(=O)C(C)(C)O4)n2)cc(OC)c1OC. The van der Waals surface area contributed by atoms with E-state index in [4.69, 9.17) is 24.0 Å². The summed E-state index contributed by atoms with van der Waals surface area (Å²) in [6, 6.07) is 6.45. The third-order valence-electron chi connectivity index (χ3n) is 5.76. The zero-order chi connectivity index (χ0) is 29.2. The quantitative estimate of drug-likeness (QED) is 0.245. The molecule has 14 nitrogen and oxygen atoms in total. The standard InChI is InChI=1S/C24H28FN6O8P.CH4/c1-6-13-9-14(10-17(36-4)19(13)37-5)27-23-26-11-15(25)20(30-23)28-18-8-7-16-21(29-18)31(12-38-40(33,34)35)22(32)24(2,3)39-16;/h7-11H,6,12H2,1-5H3,(H2,33,34,35)(H2,26,27,28,29,30);1H4. The first-order valence-electron chi connectivity index (χ1n) is 11.9. The molecule has 0 fully saturated rings. The molecule has 3 heterocycles. The van der Waals surface area contributed by atoms with Crippen LogP contribution in [-0.2, 0) is 20.3 Å². The summed E-state index contributed by atoms with van der Waals surface area (Å²) in [7, 11) is -1.84. The Labute approximate surface area is 236 Å². The second-order valence-electron chi connectivity index (χ2n) is 8.98. The van der Waals surface area contributed by atoms with Crippen LogP contribution in [0.1, 0.15) is 33.8 Å². The lowest BCUT2D eigenvalue weighted by molar-refractivity contribution is -0.133.